The molecule has 0 bridgehead atoms. The molecule has 2 atom stereocenters. The van der Waals surface area contributed by atoms with Crippen LogP contribution in [-0.4, -0.2) is 25.2 Å². The second-order valence-corrected chi connectivity index (χ2v) is 6.88. The van der Waals surface area contributed by atoms with E-state index < -0.39 is 11.3 Å². The van der Waals surface area contributed by atoms with E-state index >= 15 is 0 Å². The average Bonchev–Trinajstić information content (AvgIpc) is 2.99. The molecule has 2 saturated heterocycles. The van der Waals surface area contributed by atoms with Crippen molar-refractivity contribution >= 4 is 47.2 Å². The van der Waals surface area contributed by atoms with Gasteiger partial charge < -0.3 is 12.4 Å². The quantitative estimate of drug-likeness (QED) is 0.562. The van der Waals surface area contributed by atoms with E-state index in [1.165, 1.54) is 13.3 Å². The lowest BCUT2D eigenvalue weighted by atomic mass is 9.83. The summed E-state index contributed by atoms with van der Waals surface area (Å²) in [5.41, 5.74) is -0.936. The second-order valence-electron chi connectivity index (χ2n) is 5.87. The summed E-state index contributed by atoms with van der Waals surface area (Å²) in [7, 11) is 0. The third kappa shape index (κ3) is 2.05. The molecule has 2 aromatic carbocycles. The smallest absolute Gasteiger partial charge is 0.314 e. The maximum absolute atomic E-state index is 8.38. The van der Waals surface area contributed by atoms with Crippen molar-refractivity contribution in [2.24, 2.45) is 0 Å². The molecule has 0 amide bonds. The lowest BCUT2D eigenvalue weighted by molar-refractivity contribution is -0.652. The lowest BCUT2D eigenvalue weighted by Gasteiger charge is -2.39. The fourth-order valence-electron chi connectivity index (χ4n) is 3.70. The molecule has 4 N–H and O–H groups in total. The first-order valence-corrected chi connectivity index (χ1v) is 8.51. The zero-order valence-electron chi connectivity index (χ0n) is 13.2. The van der Waals surface area contributed by atoms with Gasteiger partial charge in [0, 0.05) is 46.5 Å². The number of nitrogens with two attached hydrogens (primary N) is 1. The molecular weight excluding hydrogens is 418 g/mol. The van der Waals surface area contributed by atoms with Crippen molar-refractivity contribution in [2.75, 3.05) is 0 Å². The number of halogens is 4. The SMILES string of the molecule is N=C1[NH2+]C2(c3ccccc3)N(Cl)C(=N)N(Cl)C2(c2ccccc2)N1Cl.[Cl-]. The van der Waals surface area contributed by atoms with Crippen LogP contribution in [0.2, 0.25) is 0 Å². The van der Waals surface area contributed by atoms with Crippen LogP contribution in [-0.2, 0) is 11.3 Å². The number of nitrogens with zero attached hydrogens (tertiary/aromatic N) is 3. The summed E-state index contributed by atoms with van der Waals surface area (Å²) in [5, 5.41) is 18.4. The molecule has 0 spiro atoms. The Bertz CT molecular complexity index is 850. The van der Waals surface area contributed by atoms with E-state index in [2.05, 4.69) is 0 Å². The monoisotopic (exact) mass is 430 g/mol. The predicted molar refractivity (Wildman–Crippen MR) is 96.7 cm³/mol. The summed E-state index contributed by atoms with van der Waals surface area (Å²) < 4.78 is 3.66. The van der Waals surface area contributed by atoms with Crippen molar-refractivity contribution in [3.63, 3.8) is 0 Å². The van der Waals surface area contributed by atoms with Gasteiger partial charge >= 0.3 is 5.96 Å². The molecule has 2 heterocycles. The zero-order chi connectivity index (χ0) is 17.8. The van der Waals surface area contributed by atoms with Gasteiger partial charge in [-0.2, -0.15) is 8.84 Å². The Balaban J connectivity index is 0.00000196. The summed E-state index contributed by atoms with van der Waals surface area (Å²) in [6.45, 7) is 0. The molecule has 6 nitrogen and oxygen atoms in total. The summed E-state index contributed by atoms with van der Waals surface area (Å²) in [4.78, 5) is 0. The van der Waals surface area contributed by atoms with Crippen LogP contribution in [0.5, 0.6) is 0 Å². The molecule has 2 aliphatic heterocycles. The van der Waals surface area contributed by atoms with Crippen LogP contribution in [0.15, 0.2) is 60.7 Å². The van der Waals surface area contributed by atoms with E-state index in [-0.39, 0.29) is 24.3 Å². The molecule has 2 aromatic rings. The summed E-state index contributed by atoms with van der Waals surface area (Å²) in [5.74, 6) is -0.0661. The standard InChI is InChI=1S/C16H13Cl3N6.ClH/c17-23-13(20)22-15(11-7-3-1-4-8-11)16(23,12-9-5-2-6-10-12)25(19)14(21)24(15)18;/h1-10,21H,(H2,20,22);1H. The number of fused-ring (bicyclic) bond motifs is 1. The molecule has 2 unspecified atom stereocenters. The summed E-state index contributed by atoms with van der Waals surface area (Å²) in [6.07, 6.45) is 0. The largest absolute Gasteiger partial charge is 1.00 e. The van der Waals surface area contributed by atoms with Gasteiger partial charge in [-0.15, -0.1) is 0 Å². The van der Waals surface area contributed by atoms with Crippen molar-refractivity contribution in [2.45, 2.75) is 11.3 Å². The van der Waals surface area contributed by atoms with Gasteiger partial charge in [-0.05, 0) is 0 Å². The topological polar surface area (TPSA) is 74.0 Å². The predicted octanol–water partition coefficient (Wildman–Crippen LogP) is -0.476. The third-order valence-electron chi connectivity index (χ3n) is 4.73. The van der Waals surface area contributed by atoms with E-state index in [0.29, 0.717) is 0 Å². The molecule has 2 aliphatic rings. The normalized spacial score (nSPS) is 27.6. The van der Waals surface area contributed by atoms with Crippen LogP contribution in [0, 0.1) is 10.8 Å². The van der Waals surface area contributed by atoms with Gasteiger partial charge in [0.05, 0.1) is 0 Å². The number of hydrogen-bond donors (Lipinski definition) is 3. The number of nitrogens with one attached hydrogen (secondary N) is 2. The first-order valence-electron chi connectivity index (χ1n) is 7.50. The van der Waals surface area contributed by atoms with Crippen LogP contribution in [0.3, 0.4) is 0 Å². The molecule has 136 valence electrons. The molecule has 0 aromatic heterocycles. The first kappa shape index (κ1) is 19.1. The molecule has 10 heteroatoms. The zero-order valence-corrected chi connectivity index (χ0v) is 16.2. The molecule has 0 radical (unpaired) electrons. The Morgan fingerprint density at radius 3 is 1.77 bits per heavy atom. The summed E-state index contributed by atoms with van der Waals surface area (Å²) >= 11 is 19.8. The van der Waals surface area contributed by atoms with E-state index in [0.717, 1.165) is 11.1 Å². The van der Waals surface area contributed by atoms with Gasteiger partial charge in [0.1, 0.15) is 0 Å². The highest BCUT2D eigenvalue weighted by Gasteiger charge is 2.80. The Morgan fingerprint density at radius 2 is 1.23 bits per heavy atom. The highest BCUT2D eigenvalue weighted by Crippen LogP contribution is 2.56. The number of benzene rings is 2. The Kier molecular flexibility index (Phi) is 4.75. The van der Waals surface area contributed by atoms with E-state index in [1.54, 1.807) is 5.32 Å². The Morgan fingerprint density at radius 1 is 0.731 bits per heavy atom. The molecule has 2 fully saturated rings. The van der Waals surface area contributed by atoms with Crippen molar-refractivity contribution < 1.29 is 17.7 Å². The fraction of sp³-hybridized carbons (Fsp3) is 0.125. The number of rotatable bonds is 2. The van der Waals surface area contributed by atoms with Gasteiger partial charge in [0.15, 0.2) is 0 Å². The Labute approximate surface area is 172 Å². The highest BCUT2D eigenvalue weighted by atomic mass is 35.5. The Hall–Kier alpha value is -1.70. The van der Waals surface area contributed by atoms with Gasteiger partial charge in [0.25, 0.3) is 11.3 Å². The molecule has 4 rings (SSSR count). The van der Waals surface area contributed by atoms with E-state index in [9.17, 15) is 0 Å². The second kappa shape index (κ2) is 6.48. The van der Waals surface area contributed by atoms with Gasteiger partial charge in [-0.3, -0.25) is 5.41 Å². The number of quaternary nitrogens is 1. The summed E-state index contributed by atoms with van der Waals surface area (Å²) in [6, 6.07) is 18.7. The van der Waals surface area contributed by atoms with Crippen LogP contribution in [0.25, 0.3) is 0 Å². The average molecular weight is 432 g/mol. The van der Waals surface area contributed by atoms with Crippen LogP contribution >= 0.6 is 35.3 Å². The van der Waals surface area contributed by atoms with Crippen LogP contribution < -0.4 is 17.7 Å². The minimum absolute atomic E-state index is 0. The highest BCUT2D eigenvalue weighted by molar-refractivity contribution is 6.32. The molecule has 26 heavy (non-hydrogen) atoms. The van der Waals surface area contributed by atoms with Gasteiger partial charge in [-0.25, -0.2) is 15.1 Å². The number of hydrogen-bond acceptors (Lipinski definition) is 2. The van der Waals surface area contributed by atoms with E-state index in [1.807, 2.05) is 60.7 Å². The van der Waals surface area contributed by atoms with Crippen molar-refractivity contribution in [1.82, 2.24) is 13.3 Å². The maximum atomic E-state index is 8.38. The lowest BCUT2D eigenvalue weighted by Crippen LogP contribution is -3.00. The molecular formula is C16H14Cl4N6. The van der Waals surface area contributed by atoms with E-state index in [4.69, 9.17) is 46.1 Å². The minimum atomic E-state index is -1.28. The number of guanidine groups is 2. The first-order chi connectivity index (χ1) is 12.0. The van der Waals surface area contributed by atoms with Crippen molar-refractivity contribution in [1.29, 1.82) is 10.8 Å². The van der Waals surface area contributed by atoms with Gasteiger partial charge in [0.2, 0.25) is 5.96 Å². The maximum Gasteiger partial charge on any atom is 0.314 e. The molecule has 0 saturated carbocycles. The van der Waals surface area contributed by atoms with Crippen molar-refractivity contribution in [3.8, 4) is 0 Å². The molecule has 0 aliphatic carbocycles. The minimum Gasteiger partial charge on any atom is -1.00 e. The van der Waals surface area contributed by atoms with Crippen LogP contribution in [0.4, 0.5) is 0 Å². The van der Waals surface area contributed by atoms with Crippen LogP contribution in [0.1, 0.15) is 11.1 Å². The van der Waals surface area contributed by atoms with Crippen molar-refractivity contribution in [3.05, 3.63) is 71.8 Å². The van der Waals surface area contributed by atoms with Gasteiger partial charge in [-0.1, -0.05) is 60.7 Å². The fourth-order valence-corrected chi connectivity index (χ4v) is 4.85. The third-order valence-corrected chi connectivity index (χ3v) is 5.99.